The molecular weight excluding hydrogens is 226 g/mol. The van der Waals surface area contributed by atoms with Gasteiger partial charge in [0.2, 0.25) is 0 Å². The van der Waals surface area contributed by atoms with Gasteiger partial charge in [-0.05, 0) is 49.9 Å². The standard InChI is InChI=1S/C15H21NO2/c1-3-5-11(2)18-15(17)13-7-8-14-12(10-13)6-4-9-16-14/h7-8,10-11,16H,3-6,9H2,1-2H3. The molecule has 1 unspecified atom stereocenters. The highest BCUT2D eigenvalue weighted by molar-refractivity contribution is 5.90. The fourth-order valence-electron chi connectivity index (χ4n) is 2.32. The van der Waals surface area contributed by atoms with Gasteiger partial charge in [0, 0.05) is 12.2 Å². The van der Waals surface area contributed by atoms with Crippen LogP contribution in [0.5, 0.6) is 0 Å². The minimum atomic E-state index is -0.204. The Hall–Kier alpha value is -1.51. The van der Waals surface area contributed by atoms with E-state index in [9.17, 15) is 4.79 Å². The molecule has 98 valence electrons. The number of hydrogen-bond donors (Lipinski definition) is 1. The molecule has 3 heteroatoms. The van der Waals surface area contributed by atoms with Crippen molar-refractivity contribution in [2.45, 2.75) is 45.6 Å². The fourth-order valence-corrected chi connectivity index (χ4v) is 2.32. The van der Waals surface area contributed by atoms with Crippen LogP contribution in [0.4, 0.5) is 5.69 Å². The van der Waals surface area contributed by atoms with Crippen molar-refractivity contribution in [3.8, 4) is 0 Å². The van der Waals surface area contributed by atoms with Crippen LogP contribution in [-0.2, 0) is 11.2 Å². The summed E-state index contributed by atoms with van der Waals surface area (Å²) in [7, 11) is 0. The molecule has 0 saturated carbocycles. The van der Waals surface area contributed by atoms with Gasteiger partial charge in [-0.15, -0.1) is 0 Å². The number of fused-ring (bicyclic) bond motifs is 1. The maximum absolute atomic E-state index is 12.0. The largest absolute Gasteiger partial charge is 0.459 e. The van der Waals surface area contributed by atoms with Crippen LogP contribution < -0.4 is 5.32 Å². The molecule has 1 N–H and O–H groups in total. The van der Waals surface area contributed by atoms with Crippen molar-refractivity contribution in [1.82, 2.24) is 0 Å². The molecule has 2 rings (SSSR count). The van der Waals surface area contributed by atoms with Gasteiger partial charge in [0.1, 0.15) is 0 Å². The molecule has 18 heavy (non-hydrogen) atoms. The molecule has 1 aromatic carbocycles. The molecule has 0 bridgehead atoms. The van der Waals surface area contributed by atoms with Crippen molar-refractivity contribution in [3.05, 3.63) is 29.3 Å². The first kappa shape index (κ1) is 12.9. The SMILES string of the molecule is CCCC(C)OC(=O)c1ccc2c(c1)CCCN2. The van der Waals surface area contributed by atoms with Crippen LogP contribution in [0.25, 0.3) is 0 Å². The quantitative estimate of drug-likeness (QED) is 0.829. The number of aryl methyl sites for hydroxylation is 1. The molecule has 0 aromatic heterocycles. The fraction of sp³-hybridized carbons (Fsp3) is 0.533. The van der Waals surface area contributed by atoms with Gasteiger partial charge in [-0.1, -0.05) is 13.3 Å². The van der Waals surface area contributed by atoms with Gasteiger partial charge < -0.3 is 10.1 Å². The Morgan fingerprint density at radius 2 is 2.33 bits per heavy atom. The van der Waals surface area contributed by atoms with Crippen molar-refractivity contribution < 1.29 is 9.53 Å². The zero-order chi connectivity index (χ0) is 13.0. The molecule has 0 spiro atoms. The summed E-state index contributed by atoms with van der Waals surface area (Å²) < 4.78 is 5.41. The minimum absolute atomic E-state index is 0.00310. The van der Waals surface area contributed by atoms with Crippen LogP contribution in [0.15, 0.2) is 18.2 Å². The Kier molecular flexibility index (Phi) is 4.24. The second kappa shape index (κ2) is 5.89. The van der Waals surface area contributed by atoms with Gasteiger partial charge in [-0.25, -0.2) is 4.79 Å². The molecule has 3 nitrogen and oxygen atoms in total. The summed E-state index contributed by atoms with van der Waals surface area (Å²) in [6, 6.07) is 5.79. The summed E-state index contributed by atoms with van der Waals surface area (Å²) in [4.78, 5) is 12.0. The number of benzene rings is 1. The van der Waals surface area contributed by atoms with E-state index in [4.69, 9.17) is 4.74 Å². The predicted molar refractivity (Wildman–Crippen MR) is 73.0 cm³/mol. The molecule has 1 heterocycles. The average Bonchev–Trinajstić information content (AvgIpc) is 2.38. The molecule has 1 atom stereocenters. The summed E-state index contributed by atoms with van der Waals surface area (Å²) in [5, 5.41) is 3.34. The summed E-state index contributed by atoms with van der Waals surface area (Å²) in [6.45, 7) is 5.06. The Morgan fingerprint density at radius 1 is 1.50 bits per heavy atom. The van der Waals surface area contributed by atoms with Crippen LogP contribution >= 0.6 is 0 Å². The third kappa shape index (κ3) is 3.03. The highest BCUT2D eigenvalue weighted by Gasteiger charge is 2.15. The Labute approximate surface area is 109 Å². The third-order valence-corrected chi connectivity index (χ3v) is 3.28. The summed E-state index contributed by atoms with van der Waals surface area (Å²) >= 11 is 0. The van der Waals surface area contributed by atoms with E-state index in [2.05, 4.69) is 12.2 Å². The molecule has 0 aliphatic carbocycles. The van der Waals surface area contributed by atoms with Crippen molar-refractivity contribution in [2.24, 2.45) is 0 Å². The number of nitrogens with one attached hydrogen (secondary N) is 1. The van der Waals surface area contributed by atoms with Crippen molar-refractivity contribution in [2.75, 3.05) is 11.9 Å². The molecule has 0 saturated heterocycles. The van der Waals surface area contributed by atoms with Crippen LogP contribution in [0.2, 0.25) is 0 Å². The lowest BCUT2D eigenvalue weighted by atomic mass is 10.0. The van der Waals surface area contributed by atoms with E-state index >= 15 is 0 Å². The van der Waals surface area contributed by atoms with E-state index in [1.165, 1.54) is 5.56 Å². The van der Waals surface area contributed by atoms with Gasteiger partial charge in [-0.3, -0.25) is 0 Å². The number of carbonyl (C=O) groups excluding carboxylic acids is 1. The molecular formula is C15H21NO2. The summed E-state index contributed by atoms with van der Waals surface area (Å²) in [6.07, 6.45) is 4.10. The van der Waals surface area contributed by atoms with Crippen LogP contribution in [0, 0.1) is 0 Å². The highest BCUT2D eigenvalue weighted by atomic mass is 16.5. The van der Waals surface area contributed by atoms with Gasteiger partial charge >= 0.3 is 5.97 Å². The molecule has 0 amide bonds. The van der Waals surface area contributed by atoms with Crippen molar-refractivity contribution in [3.63, 3.8) is 0 Å². The maximum atomic E-state index is 12.0. The summed E-state index contributed by atoms with van der Waals surface area (Å²) in [5.74, 6) is -0.204. The number of esters is 1. The van der Waals surface area contributed by atoms with Gasteiger partial charge in [0.25, 0.3) is 0 Å². The number of ether oxygens (including phenoxy) is 1. The van der Waals surface area contributed by atoms with Crippen LogP contribution in [0.1, 0.15) is 49.0 Å². The van der Waals surface area contributed by atoms with Crippen molar-refractivity contribution in [1.29, 1.82) is 0 Å². The normalized spacial score (nSPS) is 15.4. The van der Waals surface area contributed by atoms with E-state index in [0.29, 0.717) is 5.56 Å². The zero-order valence-electron chi connectivity index (χ0n) is 11.2. The van der Waals surface area contributed by atoms with Crippen molar-refractivity contribution >= 4 is 11.7 Å². The average molecular weight is 247 g/mol. The van der Waals surface area contributed by atoms with E-state index in [-0.39, 0.29) is 12.1 Å². The third-order valence-electron chi connectivity index (χ3n) is 3.28. The van der Waals surface area contributed by atoms with E-state index in [1.54, 1.807) is 0 Å². The predicted octanol–water partition coefficient (Wildman–Crippen LogP) is 3.39. The first-order chi connectivity index (χ1) is 8.70. The molecule has 1 aromatic rings. The first-order valence-corrected chi connectivity index (χ1v) is 6.78. The number of carbonyl (C=O) groups is 1. The lowest BCUT2D eigenvalue weighted by Crippen LogP contribution is -2.16. The van der Waals surface area contributed by atoms with E-state index < -0.39 is 0 Å². The topological polar surface area (TPSA) is 38.3 Å². The summed E-state index contributed by atoms with van der Waals surface area (Å²) in [5.41, 5.74) is 3.04. The number of anilines is 1. The van der Waals surface area contributed by atoms with Gasteiger partial charge in [0.15, 0.2) is 0 Å². The lowest BCUT2D eigenvalue weighted by molar-refractivity contribution is 0.0323. The van der Waals surface area contributed by atoms with Gasteiger partial charge in [-0.2, -0.15) is 0 Å². The highest BCUT2D eigenvalue weighted by Crippen LogP contribution is 2.23. The van der Waals surface area contributed by atoms with Crippen LogP contribution in [-0.4, -0.2) is 18.6 Å². The molecule has 0 radical (unpaired) electrons. The van der Waals surface area contributed by atoms with E-state index in [1.807, 2.05) is 25.1 Å². The Morgan fingerprint density at radius 3 is 3.11 bits per heavy atom. The zero-order valence-corrected chi connectivity index (χ0v) is 11.2. The first-order valence-electron chi connectivity index (χ1n) is 6.78. The minimum Gasteiger partial charge on any atom is -0.459 e. The number of rotatable bonds is 4. The van der Waals surface area contributed by atoms with Gasteiger partial charge in [0.05, 0.1) is 11.7 Å². The number of hydrogen-bond acceptors (Lipinski definition) is 3. The monoisotopic (exact) mass is 247 g/mol. The molecule has 1 aliphatic heterocycles. The maximum Gasteiger partial charge on any atom is 0.338 e. The lowest BCUT2D eigenvalue weighted by Gasteiger charge is -2.19. The second-order valence-corrected chi connectivity index (χ2v) is 4.91. The van der Waals surface area contributed by atoms with Crippen LogP contribution in [0.3, 0.4) is 0 Å². The second-order valence-electron chi connectivity index (χ2n) is 4.91. The molecule has 1 aliphatic rings. The Balaban J connectivity index is 2.06. The smallest absolute Gasteiger partial charge is 0.338 e. The molecule has 0 fully saturated rings. The van der Waals surface area contributed by atoms with E-state index in [0.717, 1.165) is 37.9 Å². The Bertz CT molecular complexity index is 429.